The molecule has 64 valence electrons. The van der Waals surface area contributed by atoms with Crippen molar-refractivity contribution in [1.29, 1.82) is 0 Å². The SMILES string of the molecule is CC=Cc1ccccc1C=CC.[H-].[Li+]. The fourth-order valence-electron chi connectivity index (χ4n) is 1.17. The maximum Gasteiger partial charge on any atom is 1.00 e. The summed E-state index contributed by atoms with van der Waals surface area (Å²) in [4.78, 5) is 0. The molecule has 0 saturated carbocycles. The Bertz CT molecular complexity index is 272. The molecule has 1 rings (SSSR count). The average molecular weight is 166 g/mol. The second-order valence-corrected chi connectivity index (χ2v) is 2.63. The summed E-state index contributed by atoms with van der Waals surface area (Å²) in [6, 6.07) is 8.36. The molecule has 13 heavy (non-hydrogen) atoms. The van der Waals surface area contributed by atoms with Gasteiger partial charge in [0.2, 0.25) is 0 Å². The Morgan fingerprint density at radius 3 is 1.62 bits per heavy atom. The number of hydrogen-bond donors (Lipinski definition) is 0. The molecule has 0 amide bonds. The van der Waals surface area contributed by atoms with Gasteiger partial charge in [-0.25, -0.2) is 0 Å². The monoisotopic (exact) mass is 166 g/mol. The largest absolute Gasteiger partial charge is 1.00 e. The standard InChI is InChI=1S/C12H14.Li.H/c1-3-7-11-9-5-6-10-12(11)8-4-2;;/h3-10H,1-2H3;;/q;+1;-1. The van der Waals surface area contributed by atoms with Gasteiger partial charge in [0.05, 0.1) is 0 Å². The van der Waals surface area contributed by atoms with Gasteiger partial charge in [-0.3, -0.25) is 0 Å². The quantitative estimate of drug-likeness (QED) is 0.572. The van der Waals surface area contributed by atoms with Crippen LogP contribution in [0.5, 0.6) is 0 Å². The summed E-state index contributed by atoms with van der Waals surface area (Å²) in [5, 5.41) is 0. The van der Waals surface area contributed by atoms with Crippen molar-refractivity contribution in [3.63, 3.8) is 0 Å². The molecule has 1 heteroatoms. The summed E-state index contributed by atoms with van der Waals surface area (Å²) in [5.74, 6) is 0. The van der Waals surface area contributed by atoms with Crippen LogP contribution in [0.25, 0.3) is 12.2 Å². The Morgan fingerprint density at radius 2 is 1.31 bits per heavy atom. The molecule has 0 unspecified atom stereocenters. The van der Waals surface area contributed by atoms with Gasteiger partial charge in [0, 0.05) is 0 Å². The number of allylic oxidation sites excluding steroid dienone is 2. The first-order valence-electron chi connectivity index (χ1n) is 4.23. The van der Waals surface area contributed by atoms with E-state index >= 15 is 0 Å². The Morgan fingerprint density at radius 1 is 0.923 bits per heavy atom. The fraction of sp³-hybridized carbons (Fsp3) is 0.167. The van der Waals surface area contributed by atoms with E-state index in [0.717, 1.165) is 0 Å². The van der Waals surface area contributed by atoms with Crippen molar-refractivity contribution < 1.29 is 20.3 Å². The van der Waals surface area contributed by atoms with Crippen molar-refractivity contribution in [2.24, 2.45) is 0 Å². The first-order chi connectivity index (χ1) is 5.88. The summed E-state index contributed by atoms with van der Waals surface area (Å²) in [6.45, 7) is 4.07. The van der Waals surface area contributed by atoms with Crippen LogP contribution in [0.3, 0.4) is 0 Å². The molecule has 0 heterocycles. The first-order valence-corrected chi connectivity index (χ1v) is 4.23. The molecule has 1 aromatic rings. The van der Waals surface area contributed by atoms with Crippen LogP contribution in [0.15, 0.2) is 36.4 Å². The van der Waals surface area contributed by atoms with Gasteiger partial charge in [-0.05, 0) is 25.0 Å². The van der Waals surface area contributed by atoms with Crippen molar-refractivity contribution in [3.8, 4) is 0 Å². The molecule has 0 aliphatic rings. The summed E-state index contributed by atoms with van der Waals surface area (Å²) < 4.78 is 0. The fourth-order valence-corrected chi connectivity index (χ4v) is 1.17. The van der Waals surface area contributed by atoms with Gasteiger partial charge in [-0.15, -0.1) is 0 Å². The normalized spacial score (nSPS) is 10.6. The maximum atomic E-state index is 2.12. The molecule has 0 atom stereocenters. The van der Waals surface area contributed by atoms with Crippen LogP contribution in [0, 0.1) is 0 Å². The number of benzene rings is 1. The van der Waals surface area contributed by atoms with Gasteiger partial charge < -0.3 is 1.43 Å². The minimum atomic E-state index is 0. The number of rotatable bonds is 2. The van der Waals surface area contributed by atoms with Crippen LogP contribution in [-0.2, 0) is 0 Å². The van der Waals surface area contributed by atoms with Crippen LogP contribution in [0.4, 0.5) is 0 Å². The predicted octanol–water partition coefficient (Wildman–Crippen LogP) is 0.869. The zero-order chi connectivity index (χ0) is 8.81. The second kappa shape index (κ2) is 6.77. The summed E-state index contributed by atoms with van der Waals surface area (Å²) >= 11 is 0. The summed E-state index contributed by atoms with van der Waals surface area (Å²) in [7, 11) is 0. The molecule has 0 aromatic heterocycles. The van der Waals surface area contributed by atoms with Gasteiger partial charge in [0.25, 0.3) is 0 Å². The van der Waals surface area contributed by atoms with Gasteiger partial charge in [0.15, 0.2) is 0 Å². The third-order valence-corrected chi connectivity index (χ3v) is 1.69. The van der Waals surface area contributed by atoms with Crippen LogP contribution in [0.1, 0.15) is 26.4 Å². The van der Waals surface area contributed by atoms with E-state index < -0.39 is 0 Å². The van der Waals surface area contributed by atoms with Crippen molar-refractivity contribution in [2.45, 2.75) is 13.8 Å². The predicted molar refractivity (Wildman–Crippen MR) is 57.0 cm³/mol. The Kier molecular flexibility index (Phi) is 6.41. The number of hydrogen-bond acceptors (Lipinski definition) is 0. The van der Waals surface area contributed by atoms with Crippen molar-refractivity contribution in [2.75, 3.05) is 0 Å². The van der Waals surface area contributed by atoms with E-state index in [1.807, 2.05) is 13.8 Å². The summed E-state index contributed by atoms with van der Waals surface area (Å²) in [6.07, 6.45) is 8.36. The van der Waals surface area contributed by atoms with E-state index in [0.29, 0.717) is 0 Å². The Hall–Kier alpha value is -0.703. The second-order valence-electron chi connectivity index (χ2n) is 2.63. The zero-order valence-electron chi connectivity index (χ0n) is 9.62. The Labute approximate surface area is 94.0 Å². The Balaban J connectivity index is 0. The van der Waals surface area contributed by atoms with Crippen LogP contribution < -0.4 is 18.9 Å². The van der Waals surface area contributed by atoms with Gasteiger partial charge in [0.1, 0.15) is 0 Å². The molecule has 0 fully saturated rings. The molecule has 0 aliphatic heterocycles. The van der Waals surface area contributed by atoms with Crippen LogP contribution >= 0.6 is 0 Å². The average Bonchev–Trinajstić information content (AvgIpc) is 2.09. The molecule has 0 bridgehead atoms. The molecule has 0 N–H and O–H groups in total. The van der Waals surface area contributed by atoms with Crippen LogP contribution in [0.2, 0.25) is 0 Å². The molecule has 0 aliphatic carbocycles. The zero-order valence-corrected chi connectivity index (χ0v) is 8.62. The van der Waals surface area contributed by atoms with E-state index in [9.17, 15) is 0 Å². The third kappa shape index (κ3) is 3.68. The van der Waals surface area contributed by atoms with Crippen molar-refractivity contribution >= 4 is 12.2 Å². The van der Waals surface area contributed by atoms with E-state index in [1.54, 1.807) is 0 Å². The van der Waals surface area contributed by atoms with E-state index in [2.05, 4.69) is 48.6 Å². The molecule has 1 aromatic carbocycles. The first kappa shape index (κ1) is 12.3. The van der Waals surface area contributed by atoms with E-state index in [-0.39, 0.29) is 20.3 Å². The maximum absolute atomic E-state index is 2.12. The molecule has 0 nitrogen and oxygen atoms in total. The van der Waals surface area contributed by atoms with Crippen molar-refractivity contribution in [3.05, 3.63) is 47.5 Å². The summed E-state index contributed by atoms with van der Waals surface area (Å²) in [5.41, 5.74) is 2.55. The molecule has 0 radical (unpaired) electrons. The van der Waals surface area contributed by atoms with E-state index in [4.69, 9.17) is 0 Å². The van der Waals surface area contributed by atoms with E-state index in [1.165, 1.54) is 11.1 Å². The minimum Gasteiger partial charge on any atom is -1.00 e. The minimum absolute atomic E-state index is 0. The van der Waals surface area contributed by atoms with Crippen LogP contribution in [-0.4, -0.2) is 0 Å². The molecular formula is C12H15Li. The van der Waals surface area contributed by atoms with Gasteiger partial charge in [-0.2, -0.15) is 0 Å². The third-order valence-electron chi connectivity index (χ3n) is 1.69. The topological polar surface area (TPSA) is 0 Å². The van der Waals surface area contributed by atoms with Gasteiger partial charge in [-0.1, -0.05) is 48.6 Å². The van der Waals surface area contributed by atoms with Gasteiger partial charge >= 0.3 is 18.9 Å². The molecule has 0 spiro atoms. The van der Waals surface area contributed by atoms with Crippen molar-refractivity contribution in [1.82, 2.24) is 0 Å². The molecular weight excluding hydrogens is 151 g/mol. The smallest absolute Gasteiger partial charge is 1.00 e. The molecule has 0 saturated heterocycles.